The van der Waals surface area contributed by atoms with Gasteiger partial charge in [-0.1, -0.05) is 25.7 Å². The van der Waals surface area contributed by atoms with Crippen LogP contribution in [0.3, 0.4) is 0 Å². The Morgan fingerprint density at radius 2 is 1.95 bits per heavy atom. The van der Waals surface area contributed by atoms with Gasteiger partial charge in [0.05, 0.1) is 9.40 Å². The van der Waals surface area contributed by atoms with Crippen LogP contribution in [0.15, 0.2) is 22.7 Å². The van der Waals surface area contributed by atoms with Crippen molar-refractivity contribution in [2.45, 2.75) is 38.5 Å². The predicted molar refractivity (Wildman–Crippen MR) is 80.5 cm³/mol. The van der Waals surface area contributed by atoms with Crippen molar-refractivity contribution < 1.29 is 4.92 Å². The van der Waals surface area contributed by atoms with Crippen molar-refractivity contribution in [1.29, 1.82) is 0 Å². The van der Waals surface area contributed by atoms with Crippen molar-refractivity contribution in [3.63, 3.8) is 0 Å². The SMILES string of the molecule is O=[N+]([O-])c1cc(NCC2CCCCCC2)ccc1Br. The molecule has 2 rings (SSSR count). The van der Waals surface area contributed by atoms with Crippen LogP contribution >= 0.6 is 15.9 Å². The summed E-state index contributed by atoms with van der Waals surface area (Å²) in [7, 11) is 0. The van der Waals surface area contributed by atoms with Gasteiger partial charge in [-0.15, -0.1) is 0 Å². The lowest BCUT2D eigenvalue weighted by Gasteiger charge is -2.15. The van der Waals surface area contributed by atoms with Crippen molar-refractivity contribution in [1.82, 2.24) is 0 Å². The lowest BCUT2D eigenvalue weighted by atomic mass is 10.0. The fourth-order valence-corrected chi connectivity index (χ4v) is 2.98. The topological polar surface area (TPSA) is 55.2 Å². The van der Waals surface area contributed by atoms with E-state index in [1.54, 1.807) is 12.1 Å². The van der Waals surface area contributed by atoms with Gasteiger partial charge < -0.3 is 5.32 Å². The van der Waals surface area contributed by atoms with Crippen LogP contribution < -0.4 is 5.32 Å². The molecule has 0 saturated heterocycles. The standard InChI is InChI=1S/C14H19BrN2O2/c15-13-8-7-12(9-14(13)17(18)19)16-10-11-5-3-1-2-4-6-11/h7-9,11,16H,1-6,10H2. The number of hydrogen-bond acceptors (Lipinski definition) is 3. The molecule has 1 aromatic carbocycles. The average molecular weight is 327 g/mol. The summed E-state index contributed by atoms with van der Waals surface area (Å²) in [5.74, 6) is 0.699. The van der Waals surface area contributed by atoms with E-state index in [1.165, 1.54) is 38.5 Å². The number of nitrogens with one attached hydrogen (secondary N) is 1. The van der Waals surface area contributed by atoms with E-state index < -0.39 is 0 Å². The van der Waals surface area contributed by atoms with E-state index in [1.807, 2.05) is 6.07 Å². The number of anilines is 1. The number of halogens is 1. The molecule has 5 heteroatoms. The first kappa shape index (κ1) is 14.3. The fraction of sp³-hybridized carbons (Fsp3) is 0.571. The molecule has 0 unspecified atom stereocenters. The molecule has 1 aliphatic carbocycles. The summed E-state index contributed by atoms with van der Waals surface area (Å²) in [6.45, 7) is 0.915. The van der Waals surface area contributed by atoms with Gasteiger partial charge in [-0.2, -0.15) is 0 Å². The Morgan fingerprint density at radius 3 is 2.58 bits per heavy atom. The van der Waals surface area contributed by atoms with Gasteiger partial charge in [0.1, 0.15) is 0 Å². The van der Waals surface area contributed by atoms with Crippen LogP contribution in [0.1, 0.15) is 38.5 Å². The van der Waals surface area contributed by atoms with Gasteiger partial charge in [0.2, 0.25) is 0 Å². The van der Waals surface area contributed by atoms with Crippen LogP contribution in [0.25, 0.3) is 0 Å². The minimum absolute atomic E-state index is 0.117. The molecule has 1 aliphatic rings. The molecule has 0 spiro atoms. The maximum Gasteiger partial charge on any atom is 0.285 e. The lowest BCUT2D eigenvalue weighted by Crippen LogP contribution is -2.13. The van der Waals surface area contributed by atoms with Crippen molar-refractivity contribution in [3.05, 3.63) is 32.8 Å². The minimum Gasteiger partial charge on any atom is -0.385 e. The highest BCUT2D eigenvalue weighted by atomic mass is 79.9. The van der Waals surface area contributed by atoms with E-state index in [2.05, 4.69) is 21.2 Å². The normalized spacial score (nSPS) is 16.9. The molecule has 0 atom stereocenters. The minimum atomic E-state index is -0.360. The summed E-state index contributed by atoms with van der Waals surface area (Å²) in [5, 5.41) is 14.2. The third-order valence-electron chi connectivity index (χ3n) is 3.71. The average Bonchev–Trinajstić information content (AvgIpc) is 2.66. The smallest absolute Gasteiger partial charge is 0.285 e. The van der Waals surface area contributed by atoms with Crippen LogP contribution in [0.5, 0.6) is 0 Å². The third-order valence-corrected chi connectivity index (χ3v) is 4.38. The van der Waals surface area contributed by atoms with E-state index in [0.29, 0.717) is 10.4 Å². The Hall–Kier alpha value is -1.10. The molecule has 0 heterocycles. The van der Waals surface area contributed by atoms with Crippen molar-refractivity contribution in [3.8, 4) is 0 Å². The Labute approximate surface area is 121 Å². The monoisotopic (exact) mass is 326 g/mol. The molecule has 104 valence electrons. The van der Waals surface area contributed by atoms with Crippen LogP contribution in [0, 0.1) is 16.0 Å². The lowest BCUT2D eigenvalue weighted by molar-refractivity contribution is -0.385. The highest BCUT2D eigenvalue weighted by Gasteiger charge is 2.14. The summed E-state index contributed by atoms with van der Waals surface area (Å²) in [6.07, 6.45) is 7.86. The zero-order chi connectivity index (χ0) is 13.7. The molecule has 4 nitrogen and oxygen atoms in total. The third kappa shape index (κ3) is 4.20. The van der Waals surface area contributed by atoms with E-state index in [4.69, 9.17) is 0 Å². The Kier molecular flexibility index (Phi) is 5.19. The van der Waals surface area contributed by atoms with E-state index >= 15 is 0 Å². The van der Waals surface area contributed by atoms with Gasteiger partial charge >= 0.3 is 0 Å². The zero-order valence-electron chi connectivity index (χ0n) is 10.9. The van der Waals surface area contributed by atoms with Crippen LogP contribution in [0.2, 0.25) is 0 Å². The maximum absolute atomic E-state index is 10.9. The molecule has 0 aliphatic heterocycles. The van der Waals surface area contributed by atoms with Gasteiger partial charge in [0.15, 0.2) is 0 Å². The number of nitro benzene ring substituents is 1. The number of benzene rings is 1. The quantitative estimate of drug-likeness (QED) is 0.494. The Balaban J connectivity index is 1.95. The molecule has 1 saturated carbocycles. The first-order valence-corrected chi connectivity index (χ1v) is 7.64. The number of nitrogens with zero attached hydrogens (tertiary/aromatic N) is 1. The molecule has 0 amide bonds. The van der Waals surface area contributed by atoms with E-state index in [9.17, 15) is 10.1 Å². The van der Waals surface area contributed by atoms with Crippen LogP contribution in [-0.2, 0) is 0 Å². The van der Waals surface area contributed by atoms with Crippen LogP contribution in [-0.4, -0.2) is 11.5 Å². The van der Waals surface area contributed by atoms with Crippen molar-refractivity contribution >= 4 is 27.3 Å². The molecule has 0 radical (unpaired) electrons. The second kappa shape index (κ2) is 6.89. The first-order valence-electron chi connectivity index (χ1n) is 6.84. The van der Waals surface area contributed by atoms with E-state index in [0.717, 1.165) is 12.2 Å². The summed E-state index contributed by atoms with van der Waals surface area (Å²) in [5.41, 5.74) is 0.949. The zero-order valence-corrected chi connectivity index (χ0v) is 12.5. The maximum atomic E-state index is 10.9. The van der Waals surface area contributed by atoms with Crippen molar-refractivity contribution in [2.24, 2.45) is 5.92 Å². The molecule has 1 N–H and O–H groups in total. The highest BCUT2D eigenvalue weighted by molar-refractivity contribution is 9.10. The van der Waals surface area contributed by atoms with Crippen LogP contribution in [0.4, 0.5) is 11.4 Å². The fourth-order valence-electron chi connectivity index (χ4n) is 2.59. The number of hydrogen-bond donors (Lipinski definition) is 1. The molecule has 0 aromatic heterocycles. The van der Waals surface area contributed by atoms with E-state index in [-0.39, 0.29) is 10.6 Å². The van der Waals surface area contributed by atoms with Gasteiger partial charge in [0, 0.05) is 18.3 Å². The molecular weight excluding hydrogens is 308 g/mol. The Morgan fingerprint density at radius 1 is 1.26 bits per heavy atom. The second-order valence-electron chi connectivity index (χ2n) is 5.16. The predicted octanol–water partition coefficient (Wildman–Crippen LogP) is 4.74. The summed E-state index contributed by atoms with van der Waals surface area (Å²) in [6, 6.07) is 5.21. The highest BCUT2D eigenvalue weighted by Crippen LogP contribution is 2.29. The van der Waals surface area contributed by atoms with Gasteiger partial charge in [0.25, 0.3) is 5.69 Å². The first-order chi connectivity index (χ1) is 9.16. The number of rotatable bonds is 4. The van der Waals surface area contributed by atoms with Gasteiger partial charge in [-0.3, -0.25) is 10.1 Å². The Bertz CT molecular complexity index is 443. The molecular formula is C14H19BrN2O2. The summed E-state index contributed by atoms with van der Waals surface area (Å²) < 4.78 is 0.525. The van der Waals surface area contributed by atoms with Gasteiger partial charge in [-0.25, -0.2) is 0 Å². The largest absolute Gasteiger partial charge is 0.385 e. The molecule has 0 bridgehead atoms. The molecule has 19 heavy (non-hydrogen) atoms. The summed E-state index contributed by atoms with van der Waals surface area (Å²) >= 11 is 3.20. The molecule has 1 aromatic rings. The number of nitro groups is 1. The van der Waals surface area contributed by atoms with Crippen molar-refractivity contribution in [2.75, 3.05) is 11.9 Å². The second-order valence-corrected chi connectivity index (χ2v) is 6.02. The van der Waals surface area contributed by atoms with Gasteiger partial charge in [-0.05, 0) is 46.8 Å². The molecule has 1 fully saturated rings. The summed E-state index contributed by atoms with van der Waals surface area (Å²) in [4.78, 5) is 10.5.